The zero-order chi connectivity index (χ0) is 20.4. The Morgan fingerprint density at radius 2 is 1.90 bits per heavy atom. The highest BCUT2D eigenvalue weighted by atomic mass is 19.1. The first-order valence-corrected chi connectivity index (χ1v) is 9.07. The van der Waals surface area contributed by atoms with Crippen LogP contribution in [0.2, 0.25) is 0 Å². The average Bonchev–Trinajstić information content (AvgIpc) is 3.15. The van der Waals surface area contributed by atoms with E-state index in [2.05, 4.69) is 15.4 Å². The third-order valence-electron chi connectivity index (χ3n) is 4.62. The van der Waals surface area contributed by atoms with E-state index in [-0.39, 0.29) is 30.2 Å². The Kier molecular flexibility index (Phi) is 4.90. The van der Waals surface area contributed by atoms with Gasteiger partial charge in [-0.1, -0.05) is 18.2 Å². The van der Waals surface area contributed by atoms with Gasteiger partial charge < -0.3 is 5.32 Å². The Labute approximate surface area is 165 Å². The molecule has 4 aromatic rings. The number of nitrogens with zero attached hydrogens (tertiary/aromatic N) is 4. The summed E-state index contributed by atoms with van der Waals surface area (Å²) in [7, 11) is 0. The highest BCUT2D eigenvalue weighted by Gasteiger charge is 2.12. The molecule has 1 amide bonds. The summed E-state index contributed by atoms with van der Waals surface area (Å²) in [5, 5.41) is 7.37. The quantitative estimate of drug-likeness (QED) is 0.567. The molecule has 7 nitrogen and oxygen atoms in total. The topological polar surface area (TPSA) is 81.8 Å². The first-order valence-electron chi connectivity index (χ1n) is 9.07. The van der Waals surface area contributed by atoms with Gasteiger partial charge in [-0.05, 0) is 42.8 Å². The molecule has 0 saturated carbocycles. The number of benzene rings is 2. The third kappa shape index (κ3) is 3.77. The van der Waals surface area contributed by atoms with Crippen molar-refractivity contribution in [3.8, 4) is 5.69 Å². The van der Waals surface area contributed by atoms with Crippen molar-refractivity contribution in [1.82, 2.24) is 19.3 Å². The zero-order valence-electron chi connectivity index (χ0n) is 15.7. The number of fused-ring (bicyclic) bond motifs is 1. The van der Waals surface area contributed by atoms with Crippen molar-refractivity contribution in [2.75, 3.05) is 5.32 Å². The van der Waals surface area contributed by atoms with Crippen LogP contribution in [0, 0.1) is 12.7 Å². The lowest BCUT2D eigenvalue weighted by molar-refractivity contribution is -0.116. The molecule has 146 valence electrons. The molecule has 0 radical (unpaired) electrons. The molecule has 8 heteroatoms. The number of aromatic nitrogens is 4. The molecule has 0 fully saturated rings. The predicted molar refractivity (Wildman–Crippen MR) is 108 cm³/mol. The lowest BCUT2D eigenvalue weighted by Gasteiger charge is -2.09. The summed E-state index contributed by atoms with van der Waals surface area (Å²) in [4.78, 5) is 29.3. The Balaban J connectivity index is 1.52. The second-order valence-electron chi connectivity index (χ2n) is 6.63. The van der Waals surface area contributed by atoms with E-state index >= 15 is 0 Å². The lowest BCUT2D eigenvalue weighted by atomic mass is 10.2. The molecule has 1 N–H and O–H groups in total. The number of anilines is 1. The number of carbonyl (C=O) groups excluding carboxylic acids is 1. The van der Waals surface area contributed by atoms with Crippen LogP contribution in [0.25, 0.3) is 16.7 Å². The van der Waals surface area contributed by atoms with Gasteiger partial charge in [0.05, 0.1) is 18.2 Å². The van der Waals surface area contributed by atoms with E-state index < -0.39 is 0 Å². The summed E-state index contributed by atoms with van der Waals surface area (Å²) < 4.78 is 16.0. The standard InChI is InChI=1S/C21H18FN5O2/c1-14-4-2-3-5-18(14)25-19(28)10-11-26-13-23-20-17(21(26)29)12-24-27(20)16-8-6-15(22)7-9-16/h2-9,12-13H,10-11H2,1H3,(H,25,28). The van der Waals surface area contributed by atoms with Gasteiger partial charge in [-0.3, -0.25) is 14.2 Å². The number of aryl methyl sites for hydroxylation is 2. The van der Waals surface area contributed by atoms with Crippen LogP contribution in [-0.2, 0) is 11.3 Å². The molecule has 0 unspecified atom stereocenters. The number of amides is 1. The number of hydrogen-bond acceptors (Lipinski definition) is 4. The first kappa shape index (κ1) is 18.5. The molecule has 4 rings (SSSR count). The van der Waals surface area contributed by atoms with Crippen molar-refractivity contribution in [2.24, 2.45) is 0 Å². The fraction of sp³-hybridized carbons (Fsp3) is 0.143. The van der Waals surface area contributed by atoms with Crippen molar-refractivity contribution in [3.05, 3.63) is 82.8 Å². The van der Waals surface area contributed by atoms with E-state index in [4.69, 9.17) is 0 Å². The maximum Gasteiger partial charge on any atom is 0.264 e. The summed E-state index contributed by atoms with van der Waals surface area (Å²) in [6, 6.07) is 13.2. The molecule has 2 heterocycles. The summed E-state index contributed by atoms with van der Waals surface area (Å²) >= 11 is 0. The van der Waals surface area contributed by atoms with Gasteiger partial charge in [-0.25, -0.2) is 14.1 Å². The van der Waals surface area contributed by atoms with Crippen LogP contribution >= 0.6 is 0 Å². The van der Waals surface area contributed by atoms with E-state index in [1.807, 2.05) is 31.2 Å². The maximum atomic E-state index is 13.1. The minimum Gasteiger partial charge on any atom is -0.326 e. The fourth-order valence-corrected chi connectivity index (χ4v) is 3.03. The van der Waals surface area contributed by atoms with Gasteiger partial charge in [-0.15, -0.1) is 0 Å². The Morgan fingerprint density at radius 3 is 2.66 bits per heavy atom. The SMILES string of the molecule is Cc1ccccc1NC(=O)CCn1cnc2c(cnn2-c2ccc(F)cc2)c1=O. The number of hydrogen-bond donors (Lipinski definition) is 1. The van der Waals surface area contributed by atoms with Crippen LogP contribution in [0.15, 0.2) is 65.8 Å². The second kappa shape index (κ2) is 7.67. The largest absolute Gasteiger partial charge is 0.326 e. The summed E-state index contributed by atoms with van der Waals surface area (Å²) in [6.07, 6.45) is 2.96. The zero-order valence-corrected chi connectivity index (χ0v) is 15.7. The van der Waals surface area contributed by atoms with E-state index in [9.17, 15) is 14.0 Å². The Morgan fingerprint density at radius 1 is 1.14 bits per heavy atom. The van der Waals surface area contributed by atoms with E-state index in [1.54, 1.807) is 12.1 Å². The van der Waals surface area contributed by atoms with Crippen molar-refractivity contribution >= 4 is 22.6 Å². The molecule has 2 aromatic carbocycles. The third-order valence-corrected chi connectivity index (χ3v) is 4.62. The second-order valence-corrected chi connectivity index (χ2v) is 6.63. The van der Waals surface area contributed by atoms with E-state index in [0.29, 0.717) is 16.7 Å². The van der Waals surface area contributed by atoms with Crippen molar-refractivity contribution in [3.63, 3.8) is 0 Å². The van der Waals surface area contributed by atoms with Crippen LogP contribution in [0.3, 0.4) is 0 Å². The van der Waals surface area contributed by atoms with Crippen LogP contribution < -0.4 is 10.9 Å². The lowest BCUT2D eigenvalue weighted by Crippen LogP contribution is -2.23. The number of nitrogens with one attached hydrogen (secondary N) is 1. The molecule has 0 aliphatic heterocycles. The minimum absolute atomic E-state index is 0.132. The molecule has 0 aliphatic carbocycles. The summed E-state index contributed by atoms with van der Waals surface area (Å²) in [5.74, 6) is -0.544. The van der Waals surface area contributed by atoms with Crippen molar-refractivity contribution in [1.29, 1.82) is 0 Å². The fourth-order valence-electron chi connectivity index (χ4n) is 3.03. The molecule has 0 aliphatic rings. The van der Waals surface area contributed by atoms with Gasteiger partial charge in [0.25, 0.3) is 5.56 Å². The minimum atomic E-state index is -0.357. The molecular weight excluding hydrogens is 373 g/mol. The predicted octanol–water partition coefficient (Wildman–Crippen LogP) is 3.06. The van der Waals surface area contributed by atoms with E-state index in [0.717, 1.165) is 11.3 Å². The van der Waals surface area contributed by atoms with Crippen molar-refractivity contribution < 1.29 is 9.18 Å². The molecular formula is C21H18FN5O2. The van der Waals surface area contributed by atoms with Crippen molar-refractivity contribution in [2.45, 2.75) is 19.9 Å². The summed E-state index contributed by atoms with van der Waals surface area (Å²) in [5.41, 5.74) is 2.41. The highest BCUT2D eigenvalue weighted by molar-refractivity contribution is 5.91. The van der Waals surface area contributed by atoms with Gasteiger partial charge >= 0.3 is 0 Å². The van der Waals surface area contributed by atoms with Gasteiger partial charge in [0.1, 0.15) is 11.2 Å². The Hall–Kier alpha value is -3.81. The monoisotopic (exact) mass is 391 g/mol. The van der Waals surface area contributed by atoms with E-state index in [1.165, 1.54) is 33.9 Å². The average molecular weight is 391 g/mol. The molecule has 0 spiro atoms. The normalized spacial score (nSPS) is 11.0. The molecule has 0 saturated heterocycles. The number of para-hydroxylation sites is 1. The van der Waals surface area contributed by atoms with Crippen LogP contribution in [0.1, 0.15) is 12.0 Å². The number of carbonyl (C=O) groups is 1. The first-order chi connectivity index (χ1) is 14.0. The highest BCUT2D eigenvalue weighted by Crippen LogP contribution is 2.15. The van der Waals surface area contributed by atoms with Gasteiger partial charge in [0.2, 0.25) is 5.91 Å². The smallest absolute Gasteiger partial charge is 0.264 e. The summed E-state index contributed by atoms with van der Waals surface area (Å²) in [6.45, 7) is 2.11. The van der Waals surface area contributed by atoms with Crippen LogP contribution in [0.5, 0.6) is 0 Å². The number of halogens is 1. The molecule has 0 atom stereocenters. The molecule has 0 bridgehead atoms. The molecule has 2 aromatic heterocycles. The maximum absolute atomic E-state index is 13.1. The van der Waals surface area contributed by atoms with Gasteiger partial charge in [-0.2, -0.15) is 5.10 Å². The number of rotatable bonds is 5. The van der Waals surface area contributed by atoms with Crippen LogP contribution in [0.4, 0.5) is 10.1 Å². The Bertz CT molecular complexity index is 1240. The van der Waals surface area contributed by atoms with Gasteiger partial charge in [0, 0.05) is 18.7 Å². The van der Waals surface area contributed by atoms with Crippen LogP contribution in [-0.4, -0.2) is 25.2 Å². The molecule has 29 heavy (non-hydrogen) atoms. The van der Waals surface area contributed by atoms with Gasteiger partial charge in [0.15, 0.2) is 5.65 Å².